The zero-order valence-electron chi connectivity index (χ0n) is 12.2. The highest BCUT2D eigenvalue weighted by atomic mass is 16.4. The fraction of sp³-hybridized carbons (Fsp3) is 0.176. The van der Waals surface area contributed by atoms with Crippen LogP contribution in [0.5, 0.6) is 0 Å². The number of para-hydroxylation sites is 4. The molecule has 0 aliphatic carbocycles. The molecule has 0 saturated carbocycles. The van der Waals surface area contributed by atoms with Gasteiger partial charge in [-0.25, -0.2) is 9.97 Å². The molecule has 2 heterocycles. The molecule has 0 amide bonds. The Morgan fingerprint density at radius 1 is 0.773 bits per heavy atom. The van der Waals surface area contributed by atoms with Gasteiger partial charge in [-0.2, -0.15) is 0 Å². The summed E-state index contributed by atoms with van der Waals surface area (Å²) in [6.07, 6.45) is 0. The van der Waals surface area contributed by atoms with Crippen LogP contribution >= 0.6 is 0 Å². The van der Waals surface area contributed by atoms with Crippen LogP contribution in [0.1, 0.15) is 11.8 Å². The van der Waals surface area contributed by atoms with E-state index in [2.05, 4.69) is 14.9 Å². The molecule has 5 nitrogen and oxygen atoms in total. The van der Waals surface area contributed by atoms with Gasteiger partial charge in [-0.15, -0.1) is 0 Å². The lowest BCUT2D eigenvalue weighted by Gasteiger charge is -2.11. The van der Waals surface area contributed by atoms with Gasteiger partial charge >= 0.3 is 0 Å². The largest absolute Gasteiger partial charge is 0.439 e. The topological polar surface area (TPSA) is 55.3 Å². The summed E-state index contributed by atoms with van der Waals surface area (Å²) in [4.78, 5) is 11.0. The number of hydrogen-bond donors (Lipinski definition) is 0. The van der Waals surface area contributed by atoms with Crippen molar-refractivity contribution < 1.29 is 8.83 Å². The van der Waals surface area contributed by atoms with Gasteiger partial charge < -0.3 is 8.83 Å². The van der Waals surface area contributed by atoms with Crippen molar-refractivity contribution in [3.8, 4) is 0 Å². The maximum absolute atomic E-state index is 5.73. The molecule has 4 aromatic rings. The second kappa shape index (κ2) is 5.27. The van der Waals surface area contributed by atoms with Gasteiger partial charge in [-0.05, 0) is 31.3 Å². The molecule has 110 valence electrons. The summed E-state index contributed by atoms with van der Waals surface area (Å²) in [6, 6.07) is 15.5. The van der Waals surface area contributed by atoms with Crippen LogP contribution in [0.3, 0.4) is 0 Å². The van der Waals surface area contributed by atoms with Crippen molar-refractivity contribution in [2.75, 3.05) is 7.05 Å². The van der Waals surface area contributed by atoms with Gasteiger partial charge in [0.15, 0.2) is 11.2 Å². The van der Waals surface area contributed by atoms with E-state index >= 15 is 0 Å². The van der Waals surface area contributed by atoms with E-state index in [1.807, 2.05) is 55.6 Å². The fourth-order valence-corrected chi connectivity index (χ4v) is 2.49. The lowest BCUT2D eigenvalue weighted by Crippen LogP contribution is -2.17. The van der Waals surface area contributed by atoms with E-state index in [0.29, 0.717) is 24.9 Å². The molecule has 0 spiro atoms. The third kappa shape index (κ3) is 2.46. The summed E-state index contributed by atoms with van der Waals surface area (Å²) < 4.78 is 11.5. The van der Waals surface area contributed by atoms with Gasteiger partial charge in [-0.1, -0.05) is 24.3 Å². The molecule has 0 radical (unpaired) electrons. The summed E-state index contributed by atoms with van der Waals surface area (Å²) >= 11 is 0. The SMILES string of the molecule is CN(Cc1nc2ccccc2o1)Cc1nc2ccccc2o1. The molecule has 0 atom stereocenters. The summed E-state index contributed by atoms with van der Waals surface area (Å²) in [5.41, 5.74) is 3.39. The van der Waals surface area contributed by atoms with E-state index in [1.54, 1.807) is 0 Å². The van der Waals surface area contributed by atoms with E-state index in [9.17, 15) is 0 Å². The Morgan fingerprint density at radius 3 is 1.68 bits per heavy atom. The Labute approximate surface area is 127 Å². The average molecular weight is 293 g/mol. The number of aromatic nitrogens is 2. The highest BCUT2D eigenvalue weighted by molar-refractivity contribution is 5.72. The number of rotatable bonds is 4. The summed E-state index contributed by atoms with van der Waals surface area (Å²) in [6.45, 7) is 1.21. The molecule has 0 fully saturated rings. The predicted octanol–water partition coefficient (Wildman–Crippen LogP) is 3.60. The minimum absolute atomic E-state index is 0.605. The van der Waals surface area contributed by atoms with Crippen LogP contribution in [-0.2, 0) is 13.1 Å². The Bertz CT molecular complexity index is 784. The van der Waals surface area contributed by atoms with Crippen LogP contribution in [0.4, 0.5) is 0 Å². The Hall–Kier alpha value is -2.66. The monoisotopic (exact) mass is 293 g/mol. The maximum Gasteiger partial charge on any atom is 0.209 e. The average Bonchev–Trinajstić information content (AvgIpc) is 3.08. The first kappa shape index (κ1) is 13.0. The van der Waals surface area contributed by atoms with Gasteiger partial charge in [0.25, 0.3) is 0 Å². The van der Waals surface area contributed by atoms with Crippen molar-refractivity contribution in [2.45, 2.75) is 13.1 Å². The molecule has 0 aliphatic rings. The number of oxazole rings is 2. The molecule has 2 aromatic carbocycles. The molecule has 22 heavy (non-hydrogen) atoms. The molecule has 5 heteroatoms. The molecular weight excluding hydrogens is 278 g/mol. The number of fused-ring (bicyclic) bond motifs is 2. The fourth-order valence-electron chi connectivity index (χ4n) is 2.49. The predicted molar refractivity (Wildman–Crippen MR) is 83.2 cm³/mol. The van der Waals surface area contributed by atoms with Crippen molar-refractivity contribution in [1.29, 1.82) is 0 Å². The van der Waals surface area contributed by atoms with Crippen molar-refractivity contribution in [2.24, 2.45) is 0 Å². The van der Waals surface area contributed by atoms with E-state index in [4.69, 9.17) is 8.83 Å². The third-order valence-electron chi connectivity index (χ3n) is 3.49. The van der Waals surface area contributed by atoms with Crippen molar-refractivity contribution >= 4 is 22.2 Å². The first-order valence-corrected chi connectivity index (χ1v) is 7.15. The number of nitrogens with zero attached hydrogens (tertiary/aromatic N) is 3. The molecule has 0 unspecified atom stereocenters. The van der Waals surface area contributed by atoms with Gasteiger partial charge in [0, 0.05) is 0 Å². The van der Waals surface area contributed by atoms with Gasteiger partial charge in [0.05, 0.1) is 13.1 Å². The molecule has 0 saturated heterocycles. The molecular formula is C17H15N3O2. The second-order valence-corrected chi connectivity index (χ2v) is 5.32. The number of hydrogen-bond acceptors (Lipinski definition) is 5. The summed E-state index contributed by atoms with van der Waals surface area (Å²) in [7, 11) is 1.99. The van der Waals surface area contributed by atoms with E-state index in [0.717, 1.165) is 22.2 Å². The zero-order chi connectivity index (χ0) is 14.9. The molecule has 2 aromatic heterocycles. The summed E-state index contributed by atoms with van der Waals surface area (Å²) in [5, 5.41) is 0. The van der Waals surface area contributed by atoms with Crippen LogP contribution < -0.4 is 0 Å². The highest BCUT2D eigenvalue weighted by Crippen LogP contribution is 2.18. The maximum atomic E-state index is 5.73. The first-order valence-electron chi connectivity index (χ1n) is 7.15. The van der Waals surface area contributed by atoms with E-state index < -0.39 is 0 Å². The smallest absolute Gasteiger partial charge is 0.209 e. The number of benzene rings is 2. The van der Waals surface area contributed by atoms with Gasteiger partial charge in [0.1, 0.15) is 11.0 Å². The Balaban J connectivity index is 1.50. The van der Waals surface area contributed by atoms with Crippen molar-refractivity contribution in [3.05, 3.63) is 60.3 Å². The van der Waals surface area contributed by atoms with Crippen LogP contribution in [-0.4, -0.2) is 21.9 Å². The minimum Gasteiger partial charge on any atom is -0.439 e. The minimum atomic E-state index is 0.605. The molecule has 0 aliphatic heterocycles. The highest BCUT2D eigenvalue weighted by Gasteiger charge is 2.12. The van der Waals surface area contributed by atoms with Crippen LogP contribution in [0, 0.1) is 0 Å². The summed E-state index contributed by atoms with van der Waals surface area (Å²) in [5.74, 6) is 1.39. The van der Waals surface area contributed by atoms with E-state index in [-0.39, 0.29) is 0 Å². The normalized spacial score (nSPS) is 11.7. The van der Waals surface area contributed by atoms with Crippen molar-refractivity contribution in [1.82, 2.24) is 14.9 Å². The Kier molecular flexibility index (Phi) is 3.12. The van der Waals surface area contributed by atoms with Crippen LogP contribution in [0.2, 0.25) is 0 Å². The molecule has 0 N–H and O–H groups in total. The van der Waals surface area contributed by atoms with Gasteiger partial charge in [-0.3, -0.25) is 4.90 Å². The molecule has 0 bridgehead atoms. The first-order chi connectivity index (χ1) is 10.8. The standard InChI is InChI=1S/C17H15N3O2/c1-20(10-16-18-12-6-2-4-8-14(12)21-16)11-17-19-13-7-3-5-9-15(13)22-17/h2-9H,10-11H2,1H3. The zero-order valence-corrected chi connectivity index (χ0v) is 12.2. The Morgan fingerprint density at radius 2 is 1.23 bits per heavy atom. The molecule has 4 rings (SSSR count). The second-order valence-electron chi connectivity index (χ2n) is 5.32. The lowest BCUT2D eigenvalue weighted by molar-refractivity contribution is 0.260. The lowest BCUT2D eigenvalue weighted by atomic mass is 10.3. The van der Waals surface area contributed by atoms with Gasteiger partial charge in [0.2, 0.25) is 11.8 Å². The quantitative estimate of drug-likeness (QED) is 0.575. The van der Waals surface area contributed by atoms with E-state index in [1.165, 1.54) is 0 Å². The third-order valence-corrected chi connectivity index (χ3v) is 3.49. The van der Waals surface area contributed by atoms with Crippen molar-refractivity contribution in [3.63, 3.8) is 0 Å². The van der Waals surface area contributed by atoms with Crippen LogP contribution in [0.25, 0.3) is 22.2 Å². The van der Waals surface area contributed by atoms with Crippen LogP contribution in [0.15, 0.2) is 57.4 Å².